The molecule has 2 heterocycles. The Morgan fingerprint density at radius 1 is 1.61 bits per heavy atom. The average Bonchev–Trinajstić information content (AvgIpc) is 2.39. The predicted octanol–water partition coefficient (Wildman–Crippen LogP) is -0.774. The molecule has 2 rings (SSSR count). The highest BCUT2D eigenvalue weighted by atomic mass is 16.5. The van der Waals surface area contributed by atoms with Gasteiger partial charge in [0, 0.05) is 6.54 Å². The van der Waals surface area contributed by atoms with E-state index in [0.717, 1.165) is 0 Å². The van der Waals surface area contributed by atoms with Crippen molar-refractivity contribution in [3.05, 3.63) is 17.8 Å². The van der Waals surface area contributed by atoms with E-state index in [1.165, 1.54) is 0 Å². The van der Waals surface area contributed by atoms with Crippen LogP contribution in [-0.4, -0.2) is 36.7 Å². The van der Waals surface area contributed by atoms with Crippen LogP contribution in [0.25, 0.3) is 0 Å². The molecule has 0 radical (unpaired) electrons. The van der Waals surface area contributed by atoms with Crippen LogP contribution < -0.4 is 16.4 Å². The number of rotatable bonds is 2. The van der Waals surface area contributed by atoms with E-state index < -0.39 is 11.9 Å². The third-order valence-electron chi connectivity index (χ3n) is 2.77. The first kappa shape index (κ1) is 12.1. The van der Waals surface area contributed by atoms with Crippen LogP contribution in [0.15, 0.2) is 12.1 Å². The smallest absolute Gasteiger partial charge is 0.242 e. The van der Waals surface area contributed by atoms with Gasteiger partial charge in [0.25, 0.3) is 0 Å². The minimum Gasteiger partial charge on any atom is -0.396 e. The van der Waals surface area contributed by atoms with Crippen LogP contribution >= 0.6 is 0 Å². The Balaban J connectivity index is 2.34. The quantitative estimate of drug-likeness (QED) is 0.708. The Labute approximate surface area is 104 Å². The van der Waals surface area contributed by atoms with Crippen molar-refractivity contribution >= 4 is 17.4 Å². The number of primary amides is 1. The van der Waals surface area contributed by atoms with E-state index in [9.17, 15) is 4.79 Å². The standard InChI is InChI=1S/C11H13N5O2/c12-5-8-7(13)1-2-10(15-8)16-3-4-18-6-9(16)11(14)17/h1-2,9H,3-4,6,13H2,(H2,14,17). The fourth-order valence-electron chi connectivity index (χ4n) is 1.82. The number of amides is 1. The van der Waals surface area contributed by atoms with Crippen molar-refractivity contribution in [2.24, 2.45) is 5.73 Å². The van der Waals surface area contributed by atoms with Gasteiger partial charge in [-0.05, 0) is 12.1 Å². The molecule has 7 nitrogen and oxygen atoms in total. The van der Waals surface area contributed by atoms with E-state index in [1.54, 1.807) is 17.0 Å². The lowest BCUT2D eigenvalue weighted by molar-refractivity contribution is -0.121. The Morgan fingerprint density at radius 2 is 2.39 bits per heavy atom. The first-order chi connectivity index (χ1) is 8.63. The number of nitrogen functional groups attached to an aromatic ring is 1. The van der Waals surface area contributed by atoms with Crippen LogP contribution in [0.2, 0.25) is 0 Å². The molecule has 0 spiro atoms. The van der Waals surface area contributed by atoms with Gasteiger partial charge in [-0.25, -0.2) is 4.98 Å². The molecule has 1 unspecified atom stereocenters. The molecule has 1 atom stereocenters. The minimum atomic E-state index is -0.568. The highest BCUT2D eigenvalue weighted by molar-refractivity contribution is 5.83. The zero-order valence-electron chi connectivity index (χ0n) is 9.67. The Bertz CT molecular complexity index is 511. The number of nitriles is 1. The largest absolute Gasteiger partial charge is 0.396 e. The summed E-state index contributed by atoms with van der Waals surface area (Å²) in [5, 5.41) is 8.89. The first-order valence-electron chi connectivity index (χ1n) is 5.44. The molecular formula is C11H13N5O2. The SMILES string of the molecule is N#Cc1nc(N2CCOCC2C(N)=O)ccc1N. The van der Waals surface area contributed by atoms with Crippen LogP contribution in [0.4, 0.5) is 11.5 Å². The summed E-state index contributed by atoms with van der Waals surface area (Å²) in [5.74, 6) is 0.0275. The van der Waals surface area contributed by atoms with Gasteiger partial charge in [-0.3, -0.25) is 4.79 Å². The number of anilines is 2. The van der Waals surface area contributed by atoms with E-state index in [1.807, 2.05) is 6.07 Å². The molecule has 4 N–H and O–H groups in total. The van der Waals surface area contributed by atoms with Gasteiger partial charge in [0.2, 0.25) is 5.91 Å². The maximum atomic E-state index is 11.3. The van der Waals surface area contributed by atoms with Gasteiger partial charge >= 0.3 is 0 Å². The topological polar surface area (TPSA) is 118 Å². The highest BCUT2D eigenvalue weighted by Crippen LogP contribution is 2.20. The summed E-state index contributed by atoms with van der Waals surface area (Å²) >= 11 is 0. The highest BCUT2D eigenvalue weighted by Gasteiger charge is 2.28. The molecule has 1 aliphatic rings. The fourth-order valence-corrected chi connectivity index (χ4v) is 1.82. The molecule has 94 valence electrons. The van der Waals surface area contributed by atoms with Crippen molar-refractivity contribution in [2.75, 3.05) is 30.4 Å². The molecule has 0 saturated carbocycles. The lowest BCUT2D eigenvalue weighted by Gasteiger charge is -2.34. The fraction of sp³-hybridized carbons (Fsp3) is 0.364. The summed E-state index contributed by atoms with van der Waals surface area (Å²) in [4.78, 5) is 17.2. The number of hydrogen-bond acceptors (Lipinski definition) is 6. The van der Waals surface area contributed by atoms with Gasteiger partial charge < -0.3 is 21.1 Å². The second kappa shape index (κ2) is 4.89. The number of pyridine rings is 1. The van der Waals surface area contributed by atoms with Crippen molar-refractivity contribution < 1.29 is 9.53 Å². The summed E-state index contributed by atoms with van der Waals surface area (Å²) in [7, 11) is 0. The maximum Gasteiger partial charge on any atom is 0.242 e. The molecule has 0 aromatic carbocycles. The van der Waals surface area contributed by atoms with E-state index >= 15 is 0 Å². The van der Waals surface area contributed by atoms with Crippen molar-refractivity contribution in [2.45, 2.75) is 6.04 Å². The summed E-state index contributed by atoms with van der Waals surface area (Å²) in [6.07, 6.45) is 0. The van der Waals surface area contributed by atoms with Gasteiger partial charge in [0.05, 0.1) is 18.9 Å². The van der Waals surface area contributed by atoms with Gasteiger partial charge in [0.15, 0.2) is 5.69 Å². The van der Waals surface area contributed by atoms with E-state index in [2.05, 4.69) is 4.98 Å². The van der Waals surface area contributed by atoms with Crippen LogP contribution in [0.5, 0.6) is 0 Å². The molecule has 1 aromatic heterocycles. The molecule has 0 aliphatic carbocycles. The van der Waals surface area contributed by atoms with Gasteiger partial charge in [-0.2, -0.15) is 5.26 Å². The molecule has 1 aliphatic heterocycles. The molecule has 0 bridgehead atoms. The van der Waals surface area contributed by atoms with Crippen molar-refractivity contribution in [3.63, 3.8) is 0 Å². The molecule has 18 heavy (non-hydrogen) atoms. The molecule has 1 amide bonds. The number of nitrogens with zero attached hydrogens (tertiary/aromatic N) is 3. The average molecular weight is 247 g/mol. The number of ether oxygens (including phenoxy) is 1. The van der Waals surface area contributed by atoms with E-state index in [4.69, 9.17) is 21.5 Å². The van der Waals surface area contributed by atoms with Crippen LogP contribution in [0.1, 0.15) is 5.69 Å². The van der Waals surface area contributed by atoms with Gasteiger partial charge in [-0.15, -0.1) is 0 Å². The first-order valence-corrected chi connectivity index (χ1v) is 5.44. The normalized spacial score (nSPS) is 19.3. The Hall–Kier alpha value is -2.33. The van der Waals surface area contributed by atoms with Crippen molar-refractivity contribution in [1.29, 1.82) is 5.26 Å². The molecule has 1 aromatic rings. The number of hydrogen-bond donors (Lipinski definition) is 2. The summed E-state index contributed by atoms with van der Waals surface area (Å²) < 4.78 is 5.22. The van der Waals surface area contributed by atoms with Crippen molar-refractivity contribution in [3.8, 4) is 6.07 Å². The number of morpholine rings is 1. The zero-order chi connectivity index (χ0) is 13.1. The monoisotopic (exact) mass is 247 g/mol. The van der Waals surface area contributed by atoms with Crippen molar-refractivity contribution in [1.82, 2.24) is 4.98 Å². The minimum absolute atomic E-state index is 0.141. The lowest BCUT2D eigenvalue weighted by Crippen LogP contribution is -2.53. The molecular weight excluding hydrogens is 234 g/mol. The second-order valence-corrected chi connectivity index (χ2v) is 3.91. The Morgan fingerprint density at radius 3 is 3.06 bits per heavy atom. The number of carbonyl (C=O) groups is 1. The van der Waals surface area contributed by atoms with Gasteiger partial charge in [0.1, 0.15) is 17.9 Å². The predicted molar refractivity (Wildman–Crippen MR) is 64.5 cm³/mol. The summed E-state index contributed by atoms with van der Waals surface area (Å²) in [6.45, 7) is 1.20. The third kappa shape index (κ3) is 2.19. The maximum absolute atomic E-state index is 11.3. The summed E-state index contributed by atoms with van der Waals surface area (Å²) in [5.41, 5.74) is 11.4. The molecule has 1 fully saturated rings. The van der Waals surface area contributed by atoms with E-state index in [0.29, 0.717) is 24.7 Å². The summed E-state index contributed by atoms with van der Waals surface area (Å²) in [6, 6.07) is 4.60. The Kier molecular flexibility index (Phi) is 3.30. The third-order valence-corrected chi connectivity index (χ3v) is 2.77. The molecule has 7 heteroatoms. The number of carbonyl (C=O) groups excluding carboxylic acids is 1. The lowest BCUT2D eigenvalue weighted by atomic mass is 10.2. The number of nitrogens with two attached hydrogens (primary N) is 2. The van der Waals surface area contributed by atoms with Crippen LogP contribution in [-0.2, 0) is 9.53 Å². The second-order valence-electron chi connectivity index (χ2n) is 3.91. The molecule has 1 saturated heterocycles. The number of aromatic nitrogens is 1. The zero-order valence-corrected chi connectivity index (χ0v) is 9.67. The van der Waals surface area contributed by atoms with Crippen LogP contribution in [0.3, 0.4) is 0 Å². The van der Waals surface area contributed by atoms with Gasteiger partial charge in [-0.1, -0.05) is 0 Å². The van der Waals surface area contributed by atoms with E-state index in [-0.39, 0.29) is 12.3 Å². The van der Waals surface area contributed by atoms with Crippen LogP contribution in [0, 0.1) is 11.3 Å².